The van der Waals surface area contributed by atoms with E-state index >= 15 is 0 Å². The normalized spacial score (nSPS) is 15.3. The molecule has 156 valence electrons. The van der Waals surface area contributed by atoms with E-state index in [2.05, 4.69) is 0 Å². The molecule has 5 heteroatoms. The van der Waals surface area contributed by atoms with E-state index in [1.807, 2.05) is 24.3 Å². The highest BCUT2D eigenvalue weighted by atomic mass is 35.5. The summed E-state index contributed by atoms with van der Waals surface area (Å²) in [5, 5.41) is 18.8. The first kappa shape index (κ1) is 24.6. The number of phenols is 2. The topological polar surface area (TPSA) is 40.5 Å². The molecule has 0 spiro atoms. The quantitative estimate of drug-likeness (QED) is 0.635. The van der Waals surface area contributed by atoms with Gasteiger partial charge in [0.15, 0.2) is 0 Å². The molecule has 0 aromatic heterocycles. The monoisotopic (exact) mass is 425 g/mol. The van der Waals surface area contributed by atoms with Crippen LogP contribution in [0.15, 0.2) is 48.5 Å². The summed E-state index contributed by atoms with van der Waals surface area (Å²) in [5.74, 6) is 0.699. The van der Waals surface area contributed by atoms with Crippen LogP contribution in [0.4, 0.5) is 0 Å². The number of hydrogen-bond acceptors (Lipinski definition) is 2. The van der Waals surface area contributed by atoms with Crippen LogP contribution in [0.2, 0.25) is 0 Å². The minimum Gasteiger partial charge on any atom is -1.00 e. The van der Waals surface area contributed by atoms with Crippen LogP contribution in [-0.2, 0) is 12.8 Å². The van der Waals surface area contributed by atoms with Crippen molar-refractivity contribution in [1.29, 1.82) is 0 Å². The molecule has 0 atom stereocenters. The zero-order valence-corrected chi connectivity index (χ0v) is 18.1. The smallest absolute Gasteiger partial charge is 0.115 e. The Kier molecular flexibility index (Phi) is 10.7. The lowest BCUT2D eigenvalue weighted by atomic mass is 10.0. The average molecular weight is 426 g/mol. The van der Waals surface area contributed by atoms with Crippen molar-refractivity contribution in [2.45, 2.75) is 44.9 Å². The maximum absolute atomic E-state index is 9.42. The van der Waals surface area contributed by atoms with Gasteiger partial charge in [0, 0.05) is 12.8 Å². The van der Waals surface area contributed by atoms with Gasteiger partial charge in [-0.25, -0.2) is 0 Å². The molecule has 28 heavy (non-hydrogen) atoms. The van der Waals surface area contributed by atoms with E-state index in [0.717, 1.165) is 12.8 Å². The number of aryl methyl sites for hydroxylation is 2. The third-order valence-corrected chi connectivity index (χ3v) is 5.83. The van der Waals surface area contributed by atoms with Crippen LogP contribution in [0.3, 0.4) is 0 Å². The van der Waals surface area contributed by atoms with E-state index in [-0.39, 0.29) is 24.8 Å². The summed E-state index contributed by atoms with van der Waals surface area (Å²) in [4.78, 5) is 0. The maximum Gasteiger partial charge on any atom is 0.115 e. The summed E-state index contributed by atoms with van der Waals surface area (Å²) in [7, 11) is 0. The van der Waals surface area contributed by atoms with Crippen molar-refractivity contribution in [2.75, 3.05) is 26.2 Å². The fourth-order valence-corrected chi connectivity index (χ4v) is 4.30. The van der Waals surface area contributed by atoms with E-state index in [1.165, 1.54) is 73.9 Å². The van der Waals surface area contributed by atoms with E-state index in [1.54, 1.807) is 24.3 Å². The minimum absolute atomic E-state index is 0. The first-order valence-electron chi connectivity index (χ1n) is 10.1. The van der Waals surface area contributed by atoms with Crippen LogP contribution in [0.5, 0.6) is 11.5 Å². The van der Waals surface area contributed by atoms with Crippen LogP contribution in [0.1, 0.15) is 43.2 Å². The summed E-state index contributed by atoms with van der Waals surface area (Å²) in [6.45, 7) is 5.17. The van der Waals surface area contributed by atoms with Gasteiger partial charge >= 0.3 is 0 Å². The van der Waals surface area contributed by atoms with Crippen molar-refractivity contribution in [3.63, 3.8) is 0 Å². The number of aromatic hydroxyl groups is 2. The van der Waals surface area contributed by atoms with E-state index in [4.69, 9.17) is 0 Å². The van der Waals surface area contributed by atoms with Crippen molar-refractivity contribution in [1.82, 2.24) is 0 Å². The van der Waals surface area contributed by atoms with Gasteiger partial charge in [-0.2, -0.15) is 0 Å². The Morgan fingerprint density at radius 1 is 0.643 bits per heavy atom. The molecule has 2 aromatic rings. The minimum atomic E-state index is 0. The average Bonchev–Trinajstić information content (AvgIpc) is 2.66. The van der Waals surface area contributed by atoms with E-state index in [0.29, 0.717) is 11.5 Å². The third kappa shape index (κ3) is 7.54. The van der Waals surface area contributed by atoms with Crippen molar-refractivity contribution < 1.29 is 27.1 Å². The molecule has 0 radical (unpaired) electrons. The number of benzene rings is 2. The lowest BCUT2D eigenvalue weighted by Crippen LogP contribution is -3.00. The highest BCUT2D eigenvalue weighted by Gasteiger charge is 2.28. The van der Waals surface area contributed by atoms with Crippen molar-refractivity contribution in [2.24, 2.45) is 0 Å². The standard InChI is InChI=1S/C23H31NO2.2ClH/c25-22-12-8-20(9-13-22)6-4-18-24(16-2-1-3-17-24)19-5-7-21-10-14-23(26)15-11-21;;/h8-15H,1-7,16-19H2,(H-,25,26);2*1H. The van der Waals surface area contributed by atoms with Gasteiger partial charge in [0.25, 0.3) is 0 Å². The van der Waals surface area contributed by atoms with Gasteiger partial charge < -0.3 is 27.1 Å². The SMILES string of the molecule is Cl.Oc1ccc(CCC[N+]2(CCCc3ccc(O)cc3)CCCCC2)cc1.[Cl-]. The van der Waals surface area contributed by atoms with Gasteiger partial charge in [-0.1, -0.05) is 24.3 Å². The first-order chi connectivity index (χ1) is 12.7. The van der Waals surface area contributed by atoms with E-state index < -0.39 is 0 Å². The molecule has 0 saturated carbocycles. The summed E-state index contributed by atoms with van der Waals surface area (Å²) in [6, 6.07) is 15.3. The molecule has 1 heterocycles. The largest absolute Gasteiger partial charge is 1.00 e. The van der Waals surface area contributed by atoms with Crippen molar-refractivity contribution in [3.8, 4) is 11.5 Å². The molecule has 1 saturated heterocycles. The van der Waals surface area contributed by atoms with Gasteiger partial charge in [-0.3, -0.25) is 0 Å². The number of piperidine rings is 1. The van der Waals surface area contributed by atoms with Gasteiger partial charge in [0.05, 0.1) is 26.2 Å². The van der Waals surface area contributed by atoms with Crippen LogP contribution in [0.25, 0.3) is 0 Å². The Hall–Kier alpha value is -1.42. The van der Waals surface area contributed by atoms with Gasteiger partial charge in [0.1, 0.15) is 11.5 Å². The highest BCUT2D eigenvalue weighted by Crippen LogP contribution is 2.22. The number of rotatable bonds is 8. The van der Waals surface area contributed by atoms with Crippen molar-refractivity contribution >= 4 is 12.4 Å². The lowest BCUT2D eigenvalue weighted by Gasteiger charge is -2.42. The molecular formula is C23H33Cl2NO2. The molecule has 1 aliphatic heterocycles. The molecule has 3 rings (SSSR count). The Bertz CT molecular complexity index is 615. The number of phenolic OH excluding ortho intramolecular Hbond substituents is 2. The summed E-state index contributed by atoms with van der Waals surface area (Å²) < 4.78 is 1.27. The molecule has 1 aliphatic rings. The number of likely N-dealkylation sites (tertiary alicyclic amines) is 1. The Morgan fingerprint density at radius 2 is 1.04 bits per heavy atom. The molecule has 0 unspecified atom stereocenters. The van der Waals surface area contributed by atoms with Crippen molar-refractivity contribution in [3.05, 3.63) is 59.7 Å². The number of halogens is 2. The zero-order valence-electron chi connectivity index (χ0n) is 16.5. The fourth-order valence-electron chi connectivity index (χ4n) is 4.30. The number of nitrogens with zero attached hydrogens (tertiary/aromatic N) is 1. The first-order valence-corrected chi connectivity index (χ1v) is 10.1. The van der Waals surface area contributed by atoms with Crippen LogP contribution in [0, 0.1) is 0 Å². The second-order valence-electron chi connectivity index (χ2n) is 7.84. The Morgan fingerprint density at radius 3 is 1.43 bits per heavy atom. The highest BCUT2D eigenvalue weighted by molar-refractivity contribution is 5.85. The third-order valence-electron chi connectivity index (χ3n) is 5.83. The second-order valence-corrected chi connectivity index (χ2v) is 7.84. The summed E-state index contributed by atoms with van der Waals surface area (Å²) in [6.07, 6.45) is 8.72. The fraction of sp³-hybridized carbons (Fsp3) is 0.478. The molecule has 0 bridgehead atoms. The van der Waals surface area contributed by atoms with Gasteiger partial charge in [-0.15, -0.1) is 12.4 Å². The maximum atomic E-state index is 9.42. The van der Waals surface area contributed by atoms with Crippen LogP contribution in [-0.4, -0.2) is 40.9 Å². The molecule has 0 amide bonds. The van der Waals surface area contributed by atoms with E-state index in [9.17, 15) is 10.2 Å². The Labute approximate surface area is 181 Å². The molecule has 2 N–H and O–H groups in total. The van der Waals surface area contributed by atoms with Gasteiger partial charge in [-0.05, 0) is 67.5 Å². The zero-order chi connectivity index (χ0) is 18.2. The molecule has 2 aromatic carbocycles. The molecular weight excluding hydrogens is 393 g/mol. The second kappa shape index (κ2) is 12.2. The predicted octanol–water partition coefficient (Wildman–Crippen LogP) is 2.09. The summed E-state index contributed by atoms with van der Waals surface area (Å²) >= 11 is 0. The summed E-state index contributed by atoms with van der Waals surface area (Å²) in [5.41, 5.74) is 2.64. The van der Waals surface area contributed by atoms with Crippen LogP contribution < -0.4 is 12.4 Å². The number of hydrogen-bond donors (Lipinski definition) is 2. The molecule has 3 nitrogen and oxygen atoms in total. The molecule has 1 fully saturated rings. The van der Waals surface area contributed by atoms with Crippen LogP contribution >= 0.6 is 12.4 Å². The lowest BCUT2D eigenvalue weighted by molar-refractivity contribution is -0.932. The number of quaternary nitrogens is 1. The molecule has 0 aliphatic carbocycles. The predicted molar refractivity (Wildman–Crippen MR) is 114 cm³/mol. The van der Waals surface area contributed by atoms with Gasteiger partial charge in [0.2, 0.25) is 0 Å². The Balaban J connectivity index is 0.00000196.